The zero-order valence-corrected chi connectivity index (χ0v) is 18.2. The van der Waals surface area contributed by atoms with Gasteiger partial charge in [0.15, 0.2) is 6.61 Å². The van der Waals surface area contributed by atoms with Crippen LogP contribution < -0.4 is 10.1 Å². The van der Waals surface area contributed by atoms with Crippen molar-refractivity contribution in [3.8, 4) is 5.75 Å². The summed E-state index contributed by atoms with van der Waals surface area (Å²) < 4.78 is 24.1. The first-order valence-corrected chi connectivity index (χ1v) is 10.2. The van der Waals surface area contributed by atoms with Crippen molar-refractivity contribution in [1.82, 2.24) is 0 Å². The minimum absolute atomic E-state index is 0.0169. The molecule has 1 amide bonds. The van der Waals surface area contributed by atoms with Gasteiger partial charge in [0, 0.05) is 21.7 Å². The number of benzene rings is 3. The number of carbonyl (C=O) groups is 2. The van der Waals surface area contributed by atoms with Crippen molar-refractivity contribution in [2.24, 2.45) is 0 Å². The Kier molecular flexibility index (Phi) is 8.25. The molecule has 3 rings (SSSR count). The summed E-state index contributed by atoms with van der Waals surface area (Å²) in [5.74, 6) is -1.32. The molecule has 0 saturated carbocycles. The number of para-hydroxylation sites is 1. The summed E-state index contributed by atoms with van der Waals surface area (Å²) in [5, 5.41) is 3.38. The molecule has 0 saturated heterocycles. The molecule has 0 fully saturated rings. The minimum Gasteiger partial charge on any atom is -0.489 e. The van der Waals surface area contributed by atoms with Crippen LogP contribution in [-0.4, -0.2) is 18.5 Å². The molecule has 3 aromatic rings. The number of carbonyl (C=O) groups excluding carboxylic acids is 2. The monoisotopic (exact) mass is 473 g/mol. The second-order valence-corrected chi connectivity index (χ2v) is 7.34. The molecule has 0 atom stereocenters. The number of hydrogen-bond acceptors (Lipinski definition) is 4. The predicted molar refractivity (Wildman–Crippen MR) is 122 cm³/mol. The van der Waals surface area contributed by atoms with E-state index in [1.165, 1.54) is 30.4 Å². The van der Waals surface area contributed by atoms with Crippen LogP contribution in [0, 0.1) is 5.82 Å². The molecule has 3 aromatic carbocycles. The zero-order valence-electron chi connectivity index (χ0n) is 16.7. The molecule has 32 heavy (non-hydrogen) atoms. The average Bonchev–Trinajstić information content (AvgIpc) is 2.78. The van der Waals surface area contributed by atoms with E-state index in [0.717, 1.165) is 5.56 Å². The molecule has 0 unspecified atom stereocenters. The van der Waals surface area contributed by atoms with E-state index in [4.69, 9.17) is 32.7 Å². The van der Waals surface area contributed by atoms with Gasteiger partial charge >= 0.3 is 5.97 Å². The van der Waals surface area contributed by atoms with Gasteiger partial charge in [0.25, 0.3) is 5.91 Å². The van der Waals surface area contributed by atoms with Crippen molar-refractivity contribution in [1.29, 1.82) is 0 Å². The molecule has 0 radical (unpaired) electrons. The first kappa shape index (κ1) is 23.3. The quantitative estimate of drug-likeness (QED) is 0.326. The third kappa shape index (κ3) is 6.83. The maximum atomic E-state index is 13.5. The summed E-state index contributed by atoms with van der Waals surface area (Å²) in [6, 6.07) is 17.9. The highest BCUT2D eigenvalue weighted by atomic mass is 35.5. The molecule has 0 aliphatic heterocycles. The van der Waals surface area contributed by atoms with E-state index >= 15 is 0 Å². The largest absolute Gasteiger partial charge is 0.489 e. The van der Waals surface area contributed by atoms with Crippen molar-refractivity contribution in [3.63, 3.8) is 0 Å². The number of ether oxygens (including phenoxy) is 2. The first-order valence-electron chi connectivity index (χ1n) is 9.47. The molecule has 8 heteroatoms. The molecule has 1 N–H and O–H groups in total. The lowest BCUT2D eigenvalue weighted by molar-refractivity contribution is -0.142. The van der Waals surface area contributed by atoms with Gasteiger partial charge in [0.1, 0.15) is 18.2 Å². The van der Waals surface area contributed by atoms with E-state index in [-0.39, 0.29) is 12.3 Å². The highest BCUT2D eigenvalue weighted by molar-refractivity contribution is 6.35. The van der Waals surface area contributed by atoms with Gasteiger partial charge < -0.3 is 14.8 Å². The molecular formula is C24H18Cl2FNO4. The molecule has 0 aliphatic carbocycles. The van der Waals surface area contributed by atoms with E-state index < -0.39 is 24.3 Å². The fourth-order valence-electron chi connectivity index (χ4n) is 2.60. The highest BCUT2D eigenvalue weighted by Crippen LogP contribution is 2.26. The lowest BCUT2D eigenvalue weighted by Gasteiger charge is -2.09. The Bertz CT molecular complexity index is 1110. The predicted octanol–water partition coefficient (Wildman–Crippen LogP) is 5.91. The van der Waals surface area contributed by atoms with E-state index in [1.54, 1.807) is 48.5 Å². The lowest BCUT2D eigenvalue weighted by atomic mass is 10.2. The van der Waals surface area contributed by atoms with Crippen molar-refractivity contribution >= 4 is 46.8 Å². The maximum Gasteiger partial charge on any atom is 0.331 e. The van der Waals surface area contributed by atoms with Crippen LogP contribution in [0.4, 0.5) is 10.1 Å². The Morgan fingerprint density at radius 1 is 0.938 bits per heavy atom. The van der Waals surface area contributed by atoms with Crippen LogP contribution in [0.15, 0.2) is 72.8 Å². The molecule has 0 bridgehead atoms. The Morgan fingerprint density at radius 3 is 2.31 bits per heavy atom. The van der Waals surface area contributed by atoms with E-state index in [9.17, 15) is 14.0 Å². The maximum absolute atomic E-state index is 13.5. The Morgan fingerprint density at radius 2 is 1.62 bits per heavy atom. The van der Waals surface area contributed by atoms with Gasteiger partial charge in [-0.3, -0.25) is 4.79 Å². The summed E-state index contributed by atoms with van der Waals surface area (Å²) in [4.78, 5) is 23.6. The SMILES string of the molecule is O=C(COC(=O)/C=C/c1ccc(OCc2c(Cl)cccc2Cl)cc1)Nc1ccccc1F. The van der Waals surface area contributed by atoms with Gasteiger partial charge in [0.05, 0.1) is 5.69 Å². The topological polar surface area (TPSA) is 64.6 Å². The third-order valence-corrected chi connectivity index (χ3v) is 4.94. The molecule has 0 heterocycles. The molecule has 164 valence electrons. The number of amides is 1. The Hall–Kier alpha value is -3.35. The van der Waals surface area contributed by atoms with Crippen LogP contribution in [0.1, 0.15) is 11.1 Å². The number of hydrogen-bond donors (Lipinski definition) is 1. The number of halogens is 3. The molecule has 0 aromatic heterocycles. The van der Waals surface area contributed by atoms with Crippen molar-refractivity contribution in [2.45, 2.75) is 6.61 Å². The first-order chi connectivity index (χ1) is 15.4. The summed E-state index contributed by atoms with van der Waals surface area (Å²) >= 11 is 12.3. The van der Waals surface area contributed by atoms with Crippen molar-refractivity contribution < 1.29 is 23.5 Å². The zero-order chi connectivity index (χ0) is 22.9. The summed E-state index contributed by atoms with van der Waals surface area (Å²) in [7, 11) is 0. The van der Waals surface area contributed by atoms with Gasteiger partial charge in [-0.2, -0.15) is 0 Å². The lowest BCUT2D eigenvalue weighted by Crippen LogP contribution is -2.20. The van der Waals surface area contributed by atoms with Gasteiger partial charge in [-0.25, -0.2) is 9.18 Å². The van der Waals surface area contributed by atoms with Crippen LogP contribution in [0.5, 0.6) is 5.75 Å². The van der Waals surface area contributed by atoms with Gasteiger partial charge in [-0.15, -0.1) is 0 Å². The van der Waals surface area contributed by atoms with E-state index in [0.29, 0.717) is 21.4 Å². The number of esters is 1. The van der Waals surface area contributed by atoms with Crippen LogP contribution in [0.2, 0.25) is 10.0 Å². The van der Waals surface area contributed by atoms with Gasteiger partial charge in [0.2, 0.25) is 0 Å². The standard InChI is InChI=1S/C24H18Cl2FNO4/c25-19-4-3-5-20(26)18(19)14-31-17-11-8-16(9-12-17)10-13-24(30)32-15-23(29)28-22-7-2-1-6-21(22)27/h1-13H,14-15H2,(H,28,29)/b13-10+. The van der Waals surface area contributed by atoms with Crippen molar-refractivity contribution in [3.05, 3.63) is 99.8 Å². The average molecular weight is 474 g/mol. The van der Waals surface area contributed by atoms with Crippen molar-refractivity contribution in [2.75, 3.05) is 11.9 Å². The molecular weight excluding hydrogens is 456 g/mol. The Labute approximate surface area is 194 Å². The number of rotatable bonds is 8. The van der Waals surface area contributed by atoms with E-state index in [2.05, 4.69) is 5.32 Å². The van der Waals surface area contributed by atoms with Crippen LogP contribution >= 0.6 is 23.2 Å². The fraction of sp³-hybridized carbons (Fsp3) is 0.0833. The minimum atomic E-state index is -0.706. The van der Waals surface area contributed by atoms with Gasteiger partial charge in [-0.05, 0) is 48.0 Å². The smallest absolute Gasteiger partial charge is 0.331 e. The van der Waals surface area contributed by atoms with Crippen LogP contribution in [-0.2, 0) is 20.9 Å². The normalized spacial score (nSPS) is 10.7. The number of anilines is 1. The third-order valence-electron chi connectivity index (χ3n) is 4.23. The van der Waals surface area contributed by atoms with Crippen LogP contribution in [0.25, 0.3) is 6.08 Å². The summed E-state index contributed by atoms with van der Waals surface area (Å²) in [6.45, 7) is -0.316. The van der Waals surface area contributed by atoms with E-state index in [1.807, 2.05) is 0 Å². The second kappa shape index (κ2) is 11.3. The molecule has 0 aliphatic rings. The summed E-state index contributed by atoms with van der Waals surface area (Å²) in [6.07, 6.45) is 2.72. The Balaban J connectivity index is 1.46. The second-order valence-electron chi connectivity index (χ2n) is 6.53. The molecule has 5 nitrogen and oxygen atoms in total. The highest BCUT2D eigenvalue weighted by Gasteiger charge is 2.09. The summed E-state index contributed by atoms with van der Waals surface area (Å²) in [5.41, 5.74) is 1.44. The molecule has 0 spiro atoms. The van der Waals surface area contributed by atoms with Gasteiger partial charge in [-0.1, -0.05) is 53.5 Å². The van der Waals surface area contributed by atoms with Crippen LogP contribution in [0.3, 0.4) is 0 Å². The number of nitrogens with one attached hydrogen (secondary N) is 1. The fourth-order valence-corrected chi connectivity index (χ4v) is 3.11.